The van der Waals surface area contributed by atoms with Crippen LogP contribution in [0.15, 0.2) is 29.1 Å². The topological polar surface area (TPSA) is 130 Å². The molecule has 0 saturated carbocycles. The maximum Gasteiger partial charge on any atom is 0.410 e. The third-order valence-corrected chi connectivity index (χ3v) is 8.25. The number of carboxylic acids is 1. The lowest BCUT2D eigenvalue weighted by Gasteiger charge is -2.27. The highest BCUT2D eigenvalue weighted by atomic mass is 35.5. The molecule has 2 aromatic heterocycles. The van der Waals surface area contributed by atoms with Crippen LogP contribution in [0.3, 0.4) is 0 Å². The van der Waals surface area contributed by atoms with E-state index >= 15 is 0 Å². The van der Waals surface area contributed by atoms with E-state index in [0.717, 1.165) is 24.0 Å². The van der Waals surface area contributed by atoms with Crippen molar-refractivity contribution in [2.45, 2.75) is 59.1 Å². The Hall–Kier alpha value is -3.86. The molecule has 1 spiro atoms. The van der Waals surface area contributed by atoms with Gasteiger partial charge in [-0.1, -0.05) is 17.7 Å². The van der Waals surface area contributed by atoms with Gasteiger partial charge in [-0.25, -0.2) is 19.6 Å². The van der Waals surface area contributed by atoms with Gasteiger partial charge in [0.25, 0.3) is 5.56 Å². The predicted molar refractivity (Wildman–Crippen MR) is 162 cm³/mol. The van der Waals surface area contributed by atoms with Gasteiger partial charge in [0.05, 0.1) is 22.6 Å². The Balaban J connectivity index is 1.46. The van der Waals surface area contributed by atoms with E-state index in [4.69, 9.17) is 21.3 Å². The molecule has 1 aromatic carbocycles. The zero-order valence-electron chi connectivity index (χ0n) is 24.8. The SMILES string of the molecule is Cc1cc(C(C)Nc2ccc(Cl)nc2C(=O)O)c2nc(N3CCC4(CCN(C(=O)OC(C)(C)C)C4)C3)n(C)c(=O)c2c1. The number of aryl methyl sites for hydroxylation is 1. The number of ether oxygens (including phenoxy) is 1. The number of hydrogen-bond acceptors (Lipinski definition) is 8. The minimum Gasteiger partial charge on any atom is -0.476 e. The molecule has 0 radical (unpaired) electrons. The Morgan fingerprint density at radius 2 is 1.86 bits per heavy atom. The third-order valence-electron chi connectivity index (χ3n) is 8.04. The van der Waals surface area contributed by atoms with Crippen molar-refractivity contribution in [1.82, 2.24) is 19.4 Å². The maximum atomic E-state index is 13.7. The van der Waals surface area contributed by atoms with Crippen LogP contribution in [0.1, 0.15) is 68.2 Å². The van der Waals surface area contributed by atoms with Gasteiger partial charge in [-0.2, -0.15) is 0 Å². The number of amides is 1. The van der Waals surface area contributed by atoms with Crippen molar-refractivity contribution in [2.75, 3.05) is 36.4 Å². The lowest BCUT2D eigenvalue weighted by molar-refractivity contribution is 0.0276. The van der Waals surface area contributed by atoms with Crippen LogP contribution < -0.4 is 15.8 Å². The molecule has 0 bridgehead atoms. The van der Waals surface area contributed by atoms with E-state index in [0.29, 0.717) is 48.7 Å². The molecule has 2 aliphatic heterocycles. The van der Waals surface area contributed by atoms with Crippen LogP contribution in [0, 0.1) is 12.3 Å². The number of carboxylic acid groups (broad SMARTS) is 1. The van der Waals surface area contributed by atoms with Gasteiger partial charge in [0.15, 0.2) is 5.69 Å². The summed E-state index contributed by atoms with van der Waals surface area (Å²) in [5.41, 5.74) is 1.53. The van der Waals surface area contributed by atoms with E-state index < -0.39 is 17.6 Å². The van der Waals surface area contributed by atoms with Crippen molar-refractivity contribution < 1.29 is 19.4 Å². The number of fused-ring (bicyclic) bond motifs is 1. The number of nitrogens with one attached hydrogen (secondary N) is 1. The number of aromatic carboxylic acids is 1. The van der Waals surface area contributed by atoms with E-state index in [-0.39, 0.29) is 27.9 Å². The van der Waals surface area contributed by atoms with Crippen molar-refractivity contribution in [3.63, 3.8) is 0 Å². The van der Waals surface area contributed by atoms with Crippen LogP contribution in [0.2, 0.25) is 5.15 Å². The Morgan fingerprint density at radius 3 is 2.55 bits per heavy atom. The Morgan fingerprint density at radius 1 is 1.14 bits per heavy atom. The molecule has 2 aliphatic rings. The van der Waals surface area contributed by atoms with E-state index in [1.807, 2.05) is 46.8 Å². The highest BCUT2D eigenvalue weighted by Crippen LogP contribution is 2.41. The Kier molecular flexibility index (Phi) is 7.59. The molecule has 11 nitrogen and oxygen atoms in total. The smallest absolute Gasteiger partial charge is 0.410 e. The number of carbonyl (C=O) groups is 2. The molecule has 2 fully saturated rings. The number of aromatic nitrogens is 3. The largest absolute Gasteiger partial charge is 0.476 e. The minimum absolute atomic E-state index is 0.0845. The van der Waals surface area contributed by atoms with Crippen LogP contribution in [0.4, 0.5) is 16.4 Å². The highest BCUT2D eigenvalue weighted by Gasteiger charge is 2.46. The van der Waals surface area contributed by atoms with Gasteiger partial charge in [-0.15, -0.1) is 0 Å². The summed E-state index contributed by atoms with van der Waals surface area (Å²) in [6, 6.07) is 6.50. The molecule has 3 aromatic rings. The molecule has 2 N–H and O–H groups in total. The van der Waals surface area contributed by atoms with Gasteiger partial charge < -0.3 is 25.0 Å². The number of rotatable bonds is 5. The molecule has 4 heterocycles. The van der Waals surface area contributed by atoms with Crippen molar-refractivity contribution in [2.24, 2.45) is 12.5 Å². The molecule has 12 heteroatoms. The number of carbonyl (C=O) groups excluding carboxylic acids is 1. The summed E-state index contributed by atoms with van der Waals surface area (Å²) in [7, 11) is 1.74. The van der Waals surface area contributed by atoms with Crippen LogP contribution in [0.5, 0.6) is 0 Å². The van der Waals surface area contributed by atoms with Gasteiger partial charge in [0, 0.05) is 44.2 Å². The molecule has 2 unspecified atom stereocenters. The molecule has 224 valence electrons. The Bertz CT molecular complexity index is 1630. The zero-order valence-corrected chi connectivity index (χ0v) is 25.6. The van der Waals surface area contributed by atoms with E-state index in [1.54, 1.807) is 22.6 Å². The molecule has 42 heavy (non-hydrogen) atoms. The van der Waals surface area contributed by atoms with Gasteiger partial charge in [-0.3, -0.25) is 9.36 Å². The zero-order chi connectivity index (χ0) is 30.6. The van der Waals surface area contributed by atoms with E-state index in [9.17, 15) is 19.5 Å². The van der Waals surface area contributed by atoms with Crippen molar-refractivity contribution in [3.8, 4) is 0 Å². The maximum absolute atomic E-state index is 13.7. The summed E-state index contributed by atoms with van der Waals surface area (Å²) in [6.45, 7) is 12.0. The first kappa shape index (κ1) is 29.6. The molecule has 2 atom stereocenters. The number of likely N-dealkylation sites (tertiary alicyclic amines) is 1. The number of nitrogens with zero attached hydrogens (tertiary/aromatic N) is 5. The second kappa shape index (κ2) is 10.8. The summed E-state index contributed by atoms with van der Waals surface area (Å²) in [5.74, 6) is -0.632. The van der Waals surface area contributed by atoms with Crippen molar-refractivity contribution in [3.05, 3.63) is 56.6 Å². The molecule has 5 rings (SSSR count). The standard InChI is InChI=1S/C30H37ClN6O5/c1-17-13-19(18(2)32-21-7-8-22(31)33-24(21)26(39)40)23-20(14-17)25(38)35(6)27(34-23)36-11-9-30(15-36)10-12-37(16-30)28(41)42-29(3,4)5/h7-8,13-14,18,32H,9-12,15-16H2,1-6H3,(H,39,40). The molecule has 2 saturated heterocycles. The average Bonchev–Trinajstić information content (AvgIpc) is 3.52. The summed E-state index contributed by atoms with van der Waals surface area (Å²) < 4.78 is 7.19. The lowest BCUT2D eigenvalue weighted by atomic mass is 9.86. The van der Waals surface area contributed by atoms with Crippen molar-refractivity contribution >= 4 is 46.2 Å². The highest BCUT2D eigenvalue weighted by molar-refractivity contribution is 6.29. The quantitative estimate of drug-likeness (QED) is 0.391. The lowest BCUT2D eigenvalue weighted by Crippen LogP contribution is -2.38. The van der Waals surface area contributed by atoms with Crippen LogP contribution >= 0.6 is 11.6 Å². The van der Waals surface area contributed by atoms with Gasteiger partial charge >= 0.3 is 12.1 Å². The fourth-order valence-corrected chi connectivity index (χ4v) is 6.18. The average molecular weight is 597 g/mol. The van der Waals surface area contributed by atoms with Crippen LogP contribution in [-0.4, -0.2) is 68.4 Å². The number of benzene rings is 1. The van der Waals surface area contributed by atoms with Gasteiger partial charge in [0.1, 0.15) is 10.8 Å². The summed E-state index contributed by atoms with van der Waals surface area (Å²) in [6.07, 6.45) is 1.44. The second-order valence-electron chi connectivity index (χ2n) is 12.6. The summed E-state index contributed by atoms with van der Waals surface area (Å²) in [4.78, 5) is 51.1. The number of halogens is 1. The first-order valence-electron chi connectivity index (χ1n) is 14.1. The molecule has 1 amide bonds. The number of hydrogen-bond donors (Lipinski definition) is 2. The van der Waals surface area contributed by atoms with E-state index in [2.05, 4.69) is 15.2 Å². The third kappa shape index (κ3) is 5.74. The van der Waals surface area contributed by atoms with Crippen LogP contribution in [-0.2, 0) is 11.8 Å². The monoisotopic (exact) mass is 596 g/mol. The molecular weight excluding hydrogens is 560 g/mol. The van der Waals surface area contributed by atoms with E-state index in [1.165, 1.54) is 6.07 Å². The van der Waals surface area contributed by atoms with Gasteiger partial charge in [-0.05, 0) is 71.2 Å². The number of pyridine rings is 1. The van der Waals surface area contributed by atoms with Crippen molar-refractivity contribution in [1.29, 1.82) is 0 Å². The summed E-state index contributed by atoms with van der Waals surface area (Å²) >= 11 is 5.94. The molecular formula is C30H37ClN6O5. The normalized spacial score (nSPS) is 19.5. The fourth-order valence-electron chi connectivity index (χ4n) is 6.04. The fraction of sp³-hybridized carbons (Fsp3) is 0.500. The minimum atomic E-state index is -1.20. The first-order valence-corrected chi connectivity index (χ1v) is 14.4. The summed E-state index contributed by atoms with van der Waals surface area (Å²) in [5, 5.41) is 13.5. The second-order valence-corrected chi connectivity index (χ2v) is 12.9. The first-order chi connectivity index (χ1) is 19.7. The Labute approximate surface area is 249 Å². The predicted octanol–water partition coefficient (Wildman–Crippen LogP) is 5.00. The van der Waals surface area contributed by atoms with Gasteiger partial charge in [0.2, 0.25) is 5.95 Å². The number of anilines is 2. The van der Waals surface area contributed by atoms with Crippen LogP contribution in [0.25, 0.3) is 10.9 Å². The molecule has 0 aliphatic carbocycles.